The molecule has 0 bridgehead atoms. The van der Waals surface area contributed by atoms with Crippen molar-refractivity contribution in [3.63, 3.8) is 0 Å². The van der Waals surface area contributed by atoms with E-state index in [2.05, 4.69) is 0 Å². The van der Waals surface area contributed by atoms with Crippen LogP contribution in [0.1, 0.15) is 11.1 Å². The van der Waals surface area contributed by atoms with Crippen molar-refractivity contribution >= 4 is 0 Å². The second-order valence-electron chi connectivity index (χ2n) is 4.05. The number of hydrogen-bond donors (Lipinski definition) is 1. The first-order chi connectivity index (χ1) is 8.00. The van der Waals surface area contributed by atoms with Gasteiger partial charge in [-0.1, -0.05) is 12.1 Å². The minimum atomic E-state index is -0.599. The number of phenolic OH excluding ortho intramolecular Hbond substituents is 1. The highest BCUT2D eigenvalue weighted by molar-refractivity contribution is 5.67. The highest BCUT2D eigenvalue weighted by atomic mass is 19.1. The van der Waals surface area contributed by atoms with Gasteiger partial charge in [0.25, 0.3) is 0 Å². The van der Waals surface area contributed by atoms with Gasteiger partial charge in [0.05, 0.1) is 5.56 Å². The molecule has 2 rings (SSSR count). The summed E-state index contributed by atoms with van der Waals surface area (Å²) in [6, 6.07) is 7.16. The number of phenols is 1. The highest BCUT2D eigenvalue weighted by Crippen LogP contribution is 2.30. The van der Waals surface area contributed by atoms with E-state index in [-0.39, 0.29) is 11.3 Å². The fourth-order valence-electron chi connectivity index (χ4n) is 1.73. The molecule has 1 N–H and O–H groups in total. The van der Waals surface area contributed by atoms with E-state index in [9.17, 15) is 13.9 Å². The maximum Gasteiger partial charge on any atom is 0.136 e. The molecule has 0 fully saturated rings. The van der Waals surface area contributed by atoms with Crippen LogP contribution in [0.4, 0.5) is 8.78 Å². The molecule has 0 saturated heterocycles. The van der Waals surface area contributed by atoms with Gasteiger partial charge in [-0.25, -0.2) is 8.78 Å². The van der Waals surface area contributed by atoms with Gasteiger partial charge in [-0.2, -0.15) is 0 Å². The number of aryl methyl sites for hydroxylation is 2. The minimum Gasteiger partial charge on any atom is -0.508 e. The van der Waals surface area contributed by atoms with Crippen molar-refractivity contribution in [3.05, 3.63) is 53.1 Å². The SMILES string of the molecule is Cc1cc(-c2c(F)ccc(C)c2F)ccc1O. The second kappa shape index (κ2) is 4.17. The Balaban J connectivity index is 2.68. The van der Waals surface area contributed by atoms with Gasteiger partial charge in [0.2, 0.25) is 0 Å². The lowest BCUT2D eigenvalue weighted by atomic mass is 10.00. The normalized spacial score (nSPS) is 10.6. The molecule has 0 heterocycles. The molecular formula is C14H12F2O. The summed E-state index contributed by atoms with van der Waals surface area (Å²) in [4.78, 5) is 0. The van der Waals surface area contributed by atoms with Gasteiger partial charge in [0.15, 0.2) is 0 Å². The van der Waals surface area contributed by atoms with Crippen LogP contribution < -0.4 is 0 Å². The lowest BCUT2D eigenvalue weighted by Gasteiger charge is -2.09. The maximum atomic E-state index is 13.9. The van der Waals surface area contributed by atoms with Gasteiger partial charge < -0.3 is 5.11 Å². The van der Waals surface area contributed by atoms with Crippen LogP contribution in [-0.2, 0) is 0 Å². The Bertz CT molecular complexity index is 577. The van der Waals surface area contributed by atoms with Gasteiger partial charge >= 0.3 is 0 Å². The van der Waals surface area contributed by atoms with Crippen LogP contribution in [0, 0.1) is 25.5 Å². The quantitative estimate of drug-likeness (QED) is 0.792. The molecule has 0 spiro atoms. The van der Waals surface area contributed by atoms with Crippen molar-refractivity contribution in [2.75, 3.05) is 0 Å². The number of aromatic hydroxyl groups is 1. The van der Waals surface area contributed by atoms with E-state index < -0.39 is 11.6 Å². The first kappa shape index (κ1) is 11.6. The molecule has 0 aliphatic carbocycles. The maximum absolute atomic E-state index is 13.9. The standard InChI is InChI=1S/C14H12F2O/c1-8-3-5-11(15)13(14(8)16)10-4-6-12(17)9(2)7-10/h3-7,17H,1-2H3. The van der Waals surface area contributed by atoms with E-state index in [1.807, 2.05) is 0 Å². The summed E-state index contributed by atoms with van der Waals surface area (Å²) in [6.07, 6.45) is 0. The van der Waals surface area contributed by atoms with Crippen molar-refractivity contribution in [2.45, 2.75) is 13.8 Å². The van der Waals surface area contributed by atoms with Gasteiger partial charge in [0, 0.05) is 0 Å². The van der Waals surface area contributed by atoms with Crippen LogP contribution in [0.15, 0.2) is 30.3 Å². The van der Waals surface area contributed by atoms with Crippen LogP contribution >= 0.6 is 0 Å². The molecule has 0 amide bonds. The molecule has 0 saturated carbocycles. The summed E-state index contributed by atoms with van der Waals surface area (Å²) in [5, 5.41) is 9.40. The van der Waals surface area contributed by atoms with E-state index in [1.165, 1.54) is 24.3 Å². The van der Waals surface area contributed by atoms with Gasteiger partial charge in [-0.15, -0.1) is 0 Å². The van der Waals surface area contributed by atoms with Crippen LogP contribution in [-0.4, -0.2) is 5.11 Å². The van der Waals surface area contributed by atoms with Crippen molar-refractivity contribution in [3.8, 4) is 16.9 Å². The molecule has 2 aromatic carbocycles. The molecule has 17 heavy (non-hydrogen) atoms. The fourth-order valence-corrected chi connectivity index (χ4v) is 1.73. The zero-order chi connectivity index (χ0) is 12.6. The number of benzene rings is 2. The summed E-state index contributed by atoms with van der Waals surface area (Å²) < 4.78 is 27.5. The predicted octanol–water partition coefficient (Wildman–Crippen LogP) is 3.95. The van der Waals surface area contributed by atoms with Crippen molar-refractivity contribution in [2.24, 2.45) is 0 Å². The smallest absolute Gasteiger partial charge is 0.136 e. The van der Waals surface area contributed by atoms with Crippen LogP contribution in [0.2, 0.25) is 0 Å². The lowest BCUT2D eigenvalue weighted by molar-refractivity contribution is 0.471. The Morgan fingerprint density at radius 3 is 2.29 bits per heavy atom. The highest BCUT2D eigenvalue weighted by Gasteiger charge is 2.14. The Kier molecular flexibility index (Phi) is 2.84. The molecule has 1 nitrogen and oxygen atoms in total. The Hall–Kier alpha value is -1.90. The van der Waals surface area contributed by atoms with Gasteiger partial charge in [0.1, 0.15) is 17.4 Å². The summed E-state index contributed by atoms with van der Waals surface area (Å²) in [6.45, 7) is 3.27. The molecule has 0 unspecified atom stereocenters. The van der Waals surface area contributed by atoms with E-state index in [4.69, 9.17) is 0 Å². The molecule has 88 valence electrons. The molecule has 0 aromatic heterocycles. The van der Waals surface area contributed by atoms with Gasteiger partial charge in [-0.3, -0.25) is 0 Å². The molecule has 0 aliphatic rings. The molecule has 0 aliphatic heterocycles. The number of halogens is 2. The van der Waals surface area contributed by atoms with Gasteiger partial charge in [-0.05, 0) is 48.7 Å². The zero-order valence-corrected chi connectivity index (χ0v) is 9.59. The fraction of sp³-hybridized carbons (Fsp3) is 0.143. The van der Waals surface area contributed by atoms with Crippen molar-refractivity contribution in [1.29, 1.82) is 0 Å². The largest absolute Gasteiger partial charge is 0.508 e. The number of rotatable bonds is 1. The first-order valence-corrected chi connectivity index (χ1v) is 5.25. The Morgan fingerprint density at radius 1 is 0.941 bits per heavy atom. The third-order valence-electron chi connectivity index (χ3n) is 2.77. The summed E-state index contributed by atoms with van der Waals surface area (Å²) in [5.41, 5.74) is 1.36. The molecular weight excluding hydrogens is 222 g/mol. The third kappa shape index (κ3) is 2.00. The topological polar surface area (TPSA) is 20.2 Å². The van der Waals surface area contributed by atoms with Crippen LogP contribution in [0.25, 0.3) is 11.1 Å². The van der Waals surface area contributed by atoms with Crippen molar-refractivity contribution in [1.82, 2.24) is 0 Å². The average molecular weight is 234 g/mol. The predicted molar refractivity (Wildman–Crippen MR) is 62.9 cm³/mol. The summed E-state index contributed by atoms with van der Waals surface area (Å²) >= 11 is 0. The zero-order valence-electron chi connectivity index (χ0n) is 9.59. The molecule has 0 radical (unpaired) electrons. The van der Waals surface area contributed by atoms with Crippen molar-refractivity contribution < 1.29 is 13.9 Å². The number of hydrogen-bond acceptors (Lipinski definition) is 1. The average Bonchev–Trinajstić information content (AvgIpc) is 2.29. The third-order valence-corrected chi connectivity index (χ3v) is 2.77. The van der Waals surface area contributed by atoms with E-state index >= 15 is 0 Å². The Morgan fingerprint density at radius 2 is 1.65 bits per heavy atom. The summed E-state index contributed by atoms with van der Waals surface area (Å²) in [7, 11) is 0. The van der Waals surface area contributed by atoms with Crippen LogP contribution in [0.5, 0.6) is 5.75 Å². The van der Waals surface area contributed by atoms with Crippen LogP contribution in [0.3, 0.4) is 0 Å². The van der Waals surface area contributed by atoms with E-state index in [0.717, 1.165) is 0 Å². The Labute approximate surface area is 98.3 Å². The summed E-state index contributed by atoms with van der Waals surface area (Å²) in [5.74, 6) is -1.05. The molecule has 2 aromatic rings. The molecule has 3 heteroatoms. The molecule has 0 atom stereocenters. The van der Waals surface area contributed by atoms with E-state index in [0.29, 0.717) is 16.7 Å². The lowest BCUT2D eigenvalue weighted by Crippen LogP contribution is -1.93. The van der Waals surface area contributed by atoms with E-state index in [1.54, 1.807) is 19.9 Å². The monoisotopic (exact) mass is 234 g/mol. The minimum absolute atomic E-state index is 0.0481. The second-order valence-corrected chi connectivity index (χ2v) is 4.05. The first-order valence-electron chi connectivity index (χ1n) is 5.25.